The van der Waals surface area contributed by atoms with Crippen molar-refractivity contribution in [2.24, 2.45) is 5.41 Å². The number of hydrogen-bond donors (Lipinski definition) is 1. The highest BCUT2D eigenvalue weighted by Crippen LogP contribution is 2.69. The van der Waals surface area contributed by atoms with E-state index in [4.69, 9.17) is 9.47 Å². The molecule has 1 N–H and O–H groups in total. The van der Waals surface area contributed by atoms with Gasteiger partial charge in [0.2, 0.25) is 0 Å². The molecule has 2 bridgehead atoms. The summed E-state index contributed by atoms with van der Waals surface area (Å²) >= 11 is 0. The Bertz CT molecular complexity index is 666. The average molecular weight is 366 g/mol. The Morgan fingerprint density at radius 2 is 1.77 bits per heavy atom. The number of amides is 2. The number of nitrogens with zero attached hydrogens (tertiary/aromatic N) is 1. The standard InChI is InChI=1S/C19H24F2N2O3/c1-25-15-4-6-16(7-5-15)26-9-8-22-17(24)23-13-2-3-14(23)11-18(10-13)12-19(18,20)21/h4-7,13-14H,2-3,8-12H2,1H3,(H,22,24). The van der Waals surface area contributed by atoms with E-state index in [9.17, 15) is 13.6 Å². The number of carbonyl (C=O) groups is 1. The Balaban J connectivity index is 1.24. The van der Waals surface area contributed by atoms with Crippen molar-refractivity contribution < 1.29 is 23.0 Å². The lowest BCUT2D eigenvalue weighted by Gasteiger charge is -2.39. The number of rotatable bonds is 5. The van der Waals surface area contributed by atoms with E-state index in [1.807, 2.05) is 12.1 Å². The molecule has 1 saturated carbocycles. The minimum atomic E-state index is -2.53. The molecule has 1 spiro atoms. The lowest BCUT2D eigenvalue weighted by molar-refractivity contribution is 0.0169. The number of piperidine rings is 1. The largest absolute Gasteiger partial charge is 0.497 e. The fourth-order valence-corrected chi connectivity index (χ4v) is 4.59. The van der Waals surface area contributed by atoms with Crippen LogP contribution in [0.3, 0.4) is 0 Å². The van der Waals surface area contributed by atoms with Gasteiger partial charge in [0, 0.05) is 23.9 Å². The van der Waals surface area contributed by atoms with Gasteiger partial charge in [-0.2, -0.15) is 0 Å². The fraction of sp³-hybridized carbons (Fsp3) is 0.632. The molecular weight excluding hydrogens is 342 g/mol. The van der Waals surface area contributed by atoms with Gasteiger partial charge in [-0.3, -0.25) is 0 Å². The number of benzene rings is 1. The van der Waals surface area contributed by atoms with Crippen molar-refractivity contribution in [1.82, 2.24) is 10.2 Å². The van der Waals surface area contributed by atoms with Gasteiger partial charge in [-0.05, 0) is 49.9 Å². The van der Waals surface area contributed by atoms with E-state index in [-0.39, 0.29) is 24.5 Å². The molecule has 5 nitrogen and oxygen atoms in total. The van der Waals surface area contributed by atoms with Crippen LogP contribution in [-0.2, 0) is 0 Å². The zero-order valence-electron chi connectivity index (χ0n) is 14.8. The Hall–Kier alpha value is -2.05. The van der Waals surface area contributed by atoms with Crippen LogP contribution in [0, 0.1) is 5.41 Å². The number of urea groups is 1. The molecule has 2 aliphatic heterocycles. The zero-order chi connectivity index (χ0) is 18.4. The topological polar surface area (TPSA) is 50.8 Å². The van der Waals surface area contributed by atoms with E-state index in [0.29, 0.717) is 31.7 Å². The zero-order valence-corrected chi connectivity index (χ0v) is 14.8. The maximum atomic E-state index is 13.7. The van der Waals surface area contributed by atoms with Crippen LogP contribution in [0.5, 0.6) is 11.5 Å². The number of nitrogens with one attached hydrogen (secondary N) is 1. The van der Waals surface area contributed by atoms with E-state index in [0.717, 1.165) is 18.6 Å². The number of methoxy groups -OCH3 is 1. The van der Waals surface area contributed by atoms with Crippen molar-refractivity contribution in [2.45, 2.75) is 50.1 Å². The lowest BCUT2D eigenvalue weighted by Crippen LogP contribution is -2.52. The fourth-order valence-electron chi connectivity index (χ4n) is 4.59. The summed E-state index contributed by atoms with van der Waals surface area (Å²) < 4.78 is 38.1. The summed E-state index contributed by atoms with van der Waals surface area (Å²) in [5, 5.41) is 2.86. The van der Waals surface area contributed by atoms with E-state index < -0.39 is 11.3 Å². The van der Waals surface area contributed by atoms with Gasteiger partial charge < -0.3 is 19.7 Å². The van der Waals surface area contributed by atoms with Gasteiger partial charge in [0.05, 0.1) is 13.7 Å². The summed E-state index contributed by atoms with van der Waals surface area (Å²) in [6.45, 7) is 0.728. The van der Waals surface area contributed by atoms with E-state index in [1.54, 1.807) is 24.1 Å². The molecule has 2 unspecified atom stereocenters. The van der Waals surface area contributed by atoms with E-state index >= 15 is 0 Å². The minimum absolute atomic E-state index is 0.00183. The Labute approximate surface area is 151 Å². The Morgan fingerprint density at radius 3 is 2.31 bits per heavy atom. The quantitative estimate of drug-likeness (QED) is 0.813. The highest BCUT2D eigenvalue weighted by Gasteiger charge is 2.74. The molecular formula is C19H24F2N2O3. The van der Waals surface area contributed by atoms with Crippen LogP contribution in [0.1, 0.15) is 32.1 Å². The molecule has 142 valence electrons. The summed E-state index contributed by atoms with van der Waals surface area (Å²) in [7, 11) is 1.60. The lowest BCUT2D eigenvalue weighted by atomic mass is 9.87. The van der Waals surface area contributed by atoms with Crippen molar-refractivity contribution in [3.8, 4) is 11.5 Å². The monoisotopic (exact) mass is 366 g/mol. The summed E-state index contributed by atoms with van der Waals surface area (Å²) in [6, 6.07) is 6.97. The van der Waals surface area contributed by atoms with Crippen LogP contribution < -0.4 is 14.8 Å². The van der Waals surface area contributed by atoms with Crippen molar-refractivity contribution >= 4 is 6.03 Å². The second kappa shape index (κ2) is 6.28. The summed E-state index contributed by atoms with van der Waals surface area (Å²) in [6.07, 6.45) is 2.53. The molecule has 26 heavy (non-hydrogen) atoms. The third kappa shape index (κ3) is 2.97. The third-order valence-electron chi connectivity index (χ3n) is 6.02. The van der Waals surface area contributed by atoms with Crippen molar-refractivity contribution in [2.75, 3.05) is 20.3 Å². The number of halogens is 2. The van der Waals surface area contributed by atoms with Gasteiger partial charge in [0.25, 0.3) is 5.92 Å². The number of carbonyl (C=O) groups excluding carboxylic acids is 1. The molecule has 7 heteroatoms. The van der Waals surface area contributed by atoms with Crippen molar-refractivity contribution in [3.05, 3.63) is 24.3 Å². The molecule has 4 rings (SSSR count). The maximum absolute atomic E-state index is 13.7. The van der Waals surface area contributed by atoms with Gasteiger partial charge in [-0.25, -0.2) is 13.6 Å². The molecule has 2 heterocycles. The van der Waals surface area contributed by atoms with Crippen LogP contribution >= 0.6 is 0 Å². The molecule has 2 amide bonds. The summed E-state index contributed by atoms with van der Waals surface area (Å²) in [4.78, 5) is 14.3. The molecule has 1 aromatic carbocycles. The van der Waals surface area contributed by atoms with Gasteiger partial charge in [0.1, 0.15) is 18.1 Å². The molecule has 3 aliphatic rings. The van der Waals surface area contributed by atoms with E-state index in [1.165, 1.54) is 0 Å². The van der Waals surface area contributed by atoms with Gasteiger partial charge >= 0.3 is 6.03 Å². The van der Waals surface area contributed by atoms with Gasteiger partial charge in [-0.1, -0.05) is 0 Å². The number of fused-ring (bicyclic) bond motifs is 2. The first-order valence-electron chi connectivity index (χ1n) is 9.15. The smallest absolute Gasteiger partial charge is 0.318 e. The molecule has 1 aromatic rings. The van der Waals surface area contributed by atoms with Gasteiger partial charge in [-0.15, -0.1) is 0 Å². The van der Waals surface area contributed by atoms with Gasteiger partial charge in [0.15, 0.2) is 0 Å². The second-order valence-corrected chi connectivity index (χ2v) is 7.62. The first kappa shape index (κ1) is 17.4. The van der Waals surface area contributed by atoms with Crippen LogP contribution in [0.25, 0.3) is 0 Å². The van der Waals surface area contributed by atoms with Crippen molar-refractivity contribution in [1.29, 1.82) is 0 Å². The number of alkyl halides is 2. The predicted octanol–water partition coefficient (Wildman–Crippen LogP) is 3.44. The van der Waals surface area contributed by atoms with Crippen molar-refractivity contribution in [3.63, 3.8) is 0 Å². The SMILES string of the molecule is COc1ccc(OCCNC(=O)N2C3CCC2CC2(C3)CC2(F)F)cc1. The van der Waals surface area contributed by atoms with Crippen LogP contribution in [0.4, 0.5) is 13.6 Å². The minimum Gasteiger partial charge on any atom is -0.497 e. The Morgan fingerprint density at radius 1 is 1.19 bits per heavy atom. The van der Waals surface area contributed by atoms with Crippen LogP contribution in [0.2, 0.25) is 0 Å². The maximum Gasteiger partial charge on any atom is 0.318 e. The molecule has 2 saturated heterocycles. The number of hydrogen-bond acceptors (Lipinski definition) is 3. The highest BCUT2D eigenvalue weighted by molar-refractivity contribution is 5.75. The first-order valence-corrected chi connectivity index (χ1v) is 9.15. The van der Waals surface area contributed by atoms with Crippen LogP contribution in [-0.4, -0.2) is 49.2 Å². The average Bonchev–Trinajstić information content (AvgIpc) is 3.01. The second-order valence-electron chi connectivity index (χ2n) is 7.62. The predicted molar refractivity (Wildman–Crippen MR) is 91.8 cm³/mol. The molecule has 2 atom stereocenters. The molecule has 0 radical (unpaired) electrons. The van der Waals surface area contributed by atoms with Crippen LogP contribution in [0.15, 0.2) is 24.3 Å². The summed E-state index contributed by atoms with van der Waals surface area (Å²) in [5.41, 5.74) is -0.826. The molecule has 3 fully saturated rings. The summed E-state index contributed by atoms with van der Waals surface area (Å²) in [5.74, 6) is -1.07. The highest BCUT2D eigenvalue weighted by atomic mass is 19.3. The first-order chi connectivity index (χ1) is 12.4. The van der Waals surface area contributed by atoms with E-state index in [2.05, 4.69) is 5.32 Å². The molecule has 0 aromatic heterocycles. The number of ether oxygens (including phenoxy) is 2. The molecule has 1 aliphatic carbocycles. The normalized spacial score (nSPS) is 31.0. The Kier molecular flexibility index (Phi) is 4.20. The third-order valence-corrected chi connectivity index (χ3v) is 6.02.